The maximum atomic E-state index is 14.0. The second-order valence-electron chi connectivity index (χ2n) is 9.01. The second kappa shape index (κ2) is 10.0. The van der Waals surface area contributed by atoms with Crippen LogP contribution in [0.3, 0.4) is 0 Å². The van der Waals surface area contributed by atoms with Gasteiger partial charge in [0.1, 0.15) is 23.2 Å². The van der Waals surface area contributed by atoms with Crippen molar-refractivity contribution >= 4 is 16.9 Å². The summed E-state index contributed by atoms with van der Waals surface area (Å²) in [5.41, 5.74) is 0.384. The molecule has 0 spiro atoms. The molecule has 0 atom stereocenters. The second-order valence-corrected chi connectivity index (χ2v) is 9.01. The molecule has 1 saturated heterocycles. The number of aryl methyl sites for hydroxylation is 1. The highest BCUT2D eigenvalue weighted by Crippen LogP contribution is 2.39. The molecule has 11 heteroatoms. The Morgan fingerprint density at radius 3 is 2.65 bits per heavy atom. The third-order valence-electron chi connectivity index (χ3n) is 6.66. The van der Waals surface area contributed by atoms with Gasteiger partial charge in [-0.2, -0.15) is 18.4 Å². The third-order valence-corrected chi connectivity index (χ3v) is 6.66. The number of rotatable bonds is 6. The number of halogens is 3. The van der Waals surface area contributed by atoms with Gasteiger partial charge in [0.05, 0.1) is 23.4 Å². The molecule has 0 radical (unpaired) electrons. The Hall–Kier alpha value is -4.20. The SMILES string of the molecule is Cn1nnc2c(C#N)nc(-c3ccc(OCCC4CCN(c5ccccn5)CC4)c(C(F)(F)F)c3)cc21. The van der Waals surface area contributed by atoms with Crippen LogP contribution in [0.5, 0.6) is 5.75 Å². The van der Waals surface area contributed by atoms with Crippen LogP contribution in [0.4, 0.5) is 19.0 Å². The number of hydrogen-bond acceptors (Lipinski definition) is 7. The molecule has 1 aromatic carbocycles. The summed E-state index contributed by atoms with van der Waals surface area (Å²) in [5, 5.41) is 17.2. The van der Waals surface area contributed by atoms with Crippen LogP contribution >= 0.6 is 0 Å². The first kappa shape index (κ1) is 24.5. The summed E-state index contributed by atoms with van der Waals surface area (Å²) < 4.78 is 49.0. The fourth-order valence-corrected chi connectivity index (χ4v) is 4.62. The van der Waals surface area contributed by atoms with Gasteiger partial charge in [0, 0.05) is 31.9 Å². The number of fused-ring (bicyclic) bond motifs is 1. The van der Waals surface area contributed by atoms with Crippen LogP contribution in [-0.2, 0) is 13.2 Å². The van der Waals surface area contributed by atoms with Crippen molar-refractivity contribution in [1.82, 2.24) is 25.0 Å². The Labute approximate surface area is 211 Å². The number of hydrogen-bond donors (Lipinski definition) is 0. The maximum Gasteiger partial charge on any atom is 0.419 e. The fourth-order valence-electron chi connectivity index (χ4n) is 4.62. The van der Waals surface area contributed by atoms with Crippen molar-refractivity contribution in [2.24, 2.45) is 13.0 Å². The summed E-state index contributed by atoms with van der Waals surface area (Å²) in [4.78, 5) is 10.8. The Bertz CT molecular complexity index is 1440. The lowest BCUT2D eigenvalue weighted by Gasteiger charge is -2.32. The zero-order valence-corrected chi connectivity index (χ0v) is 20.1. The molecule has 37 heavy (non-hydrogen) atoms. The topological polar surface area (TPSA) is 92.8 Å². The minimum absolute atomic E-state index is 0.00331. The van der Waals surface area contributed by atoms with Crippen LogP contribution in [0.15, 0.2) is 48.7 Å². The van der Waals surface area contributed by atoms with Crippen molar-refractivity contribution in [3.8, 4) is 23.1 Å². The standard InChI is InChI=1S/C26H24F3N7O/c1-35-22-15-20(32-21(16-30)25(22)33-34-35)18-5-6-23(19(14-18)26(27,28)29)37-13-9-17-7-11-36(12-8-17)24-4-2-3-10-31-24/h2-6,10,14-15,17H,7-9,11-13H2,1H3. The van der Waals surface area contributed by atoms with E-state index in [4.69, 9.17) is 4.74 Å². The van der Waals surface area contributed by atoms with E-state index in [1.165, 1.54) is 16.8 Å². The first-order chi connectivity index (χ1) is 17.8. The predicted octanol–water partition coefficient (Wildman–Crippen LogP) is 5.00. The first-order valence-electron chi connectivity index (χ1n) is 11.9. The van der Waals surface area contributed by atoms with Gasteiger partial charge < -0.3 is 9.64 Å². The number of anilines is 1. The highest BCUT2D eigenvalue weighted by molar-refractivity contribution is 5.83. The molecule has 0 amide bonds. The van der Waals surface area contributed by atoms with Crippen molar-refractivity contribution in [2.45, 2.75) is 25.4 Å². The number of ether oxygens (including phenoxy) is 1. The molecular weight excluding hydrogens is 483 g/mol. The molecule has 1 aliphatic heterocycles. The molecule has 0 N–H and O–H groups in total. The van der Waals surface area contributed by atoms with Gasteiger partial charge in [0.15, 0.2) is 5.69 Å². The van der Waals surface area contributed by atoms with E-state index < -0.39 is 11.7 Å². The van der Waals surface area contributed by atoms with Gasteiger partial charge in [0.25, 0.3) is 0 Å². The minimum Gasteiger partial charge on any atom is -0.493 e. The van der Waals surface area contributed by atoms with Crippen molar-refractivity contribution in [2.75, 3.05) is 24.6 Å². The summed E-state index contributed by atoms with van der Waals surface area (Å²) in [6.45, 7) is 1.91. The van der Waals surface area contributed by atoms with Crippen LogP contribution in [0.25, 0.3) is 22.3 Å². The van der Waals surface area contributed by atoms with Crippen LogP contribution in [-0.4, -0.2) is 44.7 Å². The van der Waals surface area contributed by atoms with Gasteiger partial charge >= 0.3 is 6.18 Å². The number of piperidine rings is 1. The largest absolute Gasteiger partial charge is 0.493 e. The van der Waals surface area contributed by atoms with Crippen molar-refractivity contribution in [3.63, 3.8) is 0 Å². The van der Waals surface area contributed by atoms with E-state index >= 15 is 0 Å². The van der Waals surface area contributed by atoms with E-state index in [1.54, 1.807) is 19.3 Å². The van der Waals surface area contributed by atoms with E-state index in [2.05, 4.69) is 25.2 Å². The average Bonchev–Trinajstić information content (AvgIpc) is 3.29. The summed E-state index contributed by atoms with van der Waals surface area (Å²) in [7, 11) is 1.64. The van der Waals surface area contributed by atoms with E-state index in [9.17, 15) is 18.4 Å². The highest BCUT2D eigenvalue weighted by atomic mass is 19.4. The molecule has 0 unspecified atom stereocenters. The Morgan fingerprint density at radius 1 is 1.14 bits per heavy atom. The van der Waals surface area contributed by atoms with Crippen molar-refractivity contribution in [3.05, 3.63) is 59.9 Å². The quantitative estimate of drug-likeness (QED) is 0.363. The normalized spacial score (nSPS) is 14.6. The number of nitrogens with zero attached hydrogens (tertiary/aromatic N) is 7. The average molecular weight is 508 g/mol. The molecule has 5 rings (SSSR count). The van der Waals surface area contributed by atoms with Crippen LogP contribution in [0.2, 0.25) is 0 Å². The Kier molecular flexibility index (Phi) is 6.65. The molecule has 0 aliphatic carbocycles. The van der Waals surface area contributed by atoms with Gasteiger partial charge in [0.2, 0.25) is 0 Å². The van der Waals surface area contributed by atoms with Crippen LogP contribution in [0.1, 0.15) is 30.5 Å². The molecule has 1 fully saturated rings. The molecule has 3 aromatic heterocycles. The van der Waals surface area contributed by atoms with Gasteiger partial charge in [-0.3, -0.25) is 0 Å². The van der Waals surface area contributed by atoms with Gasteiger partial charge in [-0.15, -0.1) is 5.10 Å². The summed E-state index contributed by atoms with van der Waals surface area (Å²) in [5.74, 6) is 1.11. The molecule has 1 aliphatic rings. The monoisotopic (exact) mass is 507 g/mol. The molecule has 190 valence electrons. The van der Waals surface area contributed by atoms with Gasteiger partial charge in [-0.05, 0) is 61.6 Å². The third kappa shape index (κ3) is 5.18. The predicted molar refractivity (Wildman–Crippen MR) is 131 cm³/mol. The number of aromatic nitrogens is 5. The molecular formula is C26H24F3N7O. The zero-order valence-electron chi connectivity index (χ0n) is 20.1. The number of pyridine rings is 2. The summed E-state index contributed by atoms with van der Waals surface area (Å²) >= 11 is 0. The van der Waals surface area contributed by atoms with Gasteiger partial charge in [-0.25, -0.2) is 14.6 Å². The highest BCUT2D eigenvalue weighted by Gasteiger charge is 2.35. The molecule has 8 nitrogen and oxygen atoms in total. The number of alkyl halides is 3. The Morgan fingerprint density at radius 2 is 1.95 bits per heavy atom. The van der Waals surface area contributed by atoms with Crippen molar-refractivity contribution in [1.29, 1.82) is 5.26 Å². The zero-order chi connectivity index (χ0) is 26.0. The van der Waals surface area contributed by atoms with Crippen LogP contribution in [0, 0.1) is 17.2 Å². The van der Waals surface area contributed by atoms with E-state index in [0.29, 0.717) is 23.4 Å². The number of benzene rings is 1. The fraction of sp³-hybridized carbons (Fsp3) is 0.346. The lowest BCUT2D eigenvalue weighted by Crippen LogP contribution is -2.34. The van der Waals surface area contributed by atoms with Gasteiger partial charge in [-0.1, -0.05) is 11.3 Å². The number of nitriles is 1. The van der Waals surface area contributed by atoms with Crippen LogP contribution < -0.4 is 9.64 Å². The summed E-state index contributed by atoms with van der Waals surface area (Å²) in [6, 6.07) is 13.2. The Balaban J connectivity index is 1.29. The van der Waals surface area contributed by atoms with E-state index in [0.717, 1.165) is 37.8 Å². The maximum absolute atomic E-state index is 14.0. The smallest absolute Gasteiger partial charge is 0.419 e. The molecule has 0 bridgehead atoms. The minimum atomic E-state index is -4.62. The first-order valence-corrected chi connectivity index (χ1v) is 11.9. The molecule has 4 heterocycles. The van der Waals surface area contributed by atoms with E-state index in [1.807, 2.05) is 24.3 Å². The molecule has 4 aromatic rings. The van der Waals surface area contributed by atoms with Crippen molar-refractivity contribution < 1.29 is 17.9 Å². The van der Waals surface area contributed by atoms with E-state index in [-0.39, 0.29) is 29.3 Å². The lowest BCUT2D eigenvalue weighted by molar-refractivity contribution is -0.138. The lowest BCUT2D eigenvalue weighted by atomic mass is 9.94. The summed E-state index contributed by atoms with van der Waals surface area (Å²) in [6.07, 6.45) is -0.305. The molecule has 0 saturated carbocycles.